The van der Waals surface area contributed by atoms with Gasteiger partial charge in [-0.1, -0.05) is 166 Å². The first kappa shape index (κ1) is 38.1. The van der Waals surface area contributed by atoms with Crippen molar-refractivity contribution in [2.24, 2.45) is 0 Å². The zero-order valence-corrected chi connectivity index (χ0v) is 36.7. The summed E-state index contributed by atoms with van der Waals surface area (Å²) in [5.74, 6) is 0. The number of hydrogen-bond donors (Lipinski definition) is 0. The van der Waals surface area contributed by atoms with E-state index < -0.39 is 0 Å². The van der Waals surface area contributed by atoms with Crippen molar-refractivity contribution in [1.82, 2.24) is 4.57 Å². The lowest BCUT2D eigenvalue weighted by Gasteiger charge is -2.28. The minimum absolute atomic E-state index is 0.179. The van der Waals surface area contributed by atoms with Crippen LogP contribution in [0.25, 0.3) is 93.9 Å². The zero-order chi connectivity index (χ0) is 43.9. The van der Waals surface area contributed by atoms with Gasteiger partial charge in [-0.2, -0.15) is 0 Å². The average Bonchev–Trinajstić information content (AvgIpc) is 4.00. The van der Waals surface area contributed by atoms with Gasteiger partial charge in [0.2, 0.25) is 0 Å². The summed E-state index contributed by atoms with van der Waals surface area (Å²) in [4.78, 5) is 2.40. The molecule has 0 amide bonds. The minimum Gasteiger partial charge on any atom is -0.456 e. The molecule has 2 heterocycles. The number of anilines is 3. The van der Waals surface area contributed by atoms with Crippen LogP contribution in [0.15, 0.2) is 235 Å². The van der Waals surface area contributed by atoms with Gasteiger partial charge in [0.05, 0.1) is 16.4 Å². The summed E-state index contributed by atoms with van der Waals surface area (Å²) >= 11 is 0. The molecule has 0 unspecified atom stereocenters. The number of furan rings is 1. The van der Waals surface area contributed by atoms with E-state index in [4.69, 9.17) is 4.42 Å². The molecule has 0 N–H and O–H groups in total. The quantitative estimate of drug-likeness (QED) is 0.159. The molecule has 66 heavy (non-hydrogen) atoms. The molecular weight excluding hydrogens is 801 g/mol. The normalized spacial score (nSPS) is 12.8. The van der Waals surface area contributed by atoms with E-state index >= 15 is 0 Å². The molecule has 0 bridgehead atoms. The van der Waals surface area contributed by atoms with Crippen LogP contribution in [-0.2, 0) is 5.41 Å². The van der Waals surface area contributed by atoms with Crippen LogP contribution < -0.4 is 4.90 Å². The number of hydrogen-bond acceptors (Lipinski definition) is 2. The van der Waals surface area contributed by atoms with Crippen molar-refractivity contribution >= 4 is 60.8 Å². The fourth-order valence-corrected chi connectivity index (χ4v) is 10.7. The number of fused-ring (bicyclic) bond motifs is 10. The second-order valence-corrected chi connectivity index (χ2v) is 18.1. The number of rotatable bonds is 7. The lowest BCUT2D eigenvalue weighted by atomic mass is 9.81. The van der Waals surface area contributed by atoms with Gasteiger partial charge in [-0.05, 0) is 134 Å². The summed E-state index contributed by atoms with van der Waals surface area (Å²) in [6, 6.07) is 83.8. The van der Waals surface area contributed by atoms with Crippen molar-refractivity contribution in [3.05, 3.63) is 242 Å². The Bertz CT molecular complexity index is 3800. The Kier molecular flexibility index (Phi) is 8.56. The average molecular weight is 845 g/mol. The standard InChI is InChI=1S/C63H44N2O/c1-63(2)56-39-46(42-15-7-4-8-16-42)27-35-51(56)52-36-34-50(40-57(52)63)64(47-28-21-43(22-29-47)41-13-5-3-6-14-41)48-30-23-44(24-31-48)45-25-32-49(33-26-45)65-58-19-11-9-17-53(58)54-37-38-60-61(62(54)65)55-18-10-12-20-59(55)66-60/h3-40H,1-2H3. The SMILES string of the molecule is CC1(C)c2cc(-c3ccccc3)ccc2-c2ccc(N(c3ccc(-c4ccccc4)cc3)c3ccc(-c4ccc(-n5c6ccccc6c6ccc7oc8ccccc8c7c65)cc4)cc3)cc21. The highest BCUT2D eigenvalue weighted by atomic mass is 16.3. The Labute approximate surface area is 384 Å². The van der Waals surface area contributed by atoms with Crippen molar-refractivity contribution in [2.75, 3.05) is 4.90 Å². The van der Waals surface area contributed by atoms with Crippen LogP contribution in [0.2, 0.25) is 0 Å². The molecule has 0 atom stereocenters. The summed E-state index contributed by atoms with van der Waals surface area (Å²) in [6.45, 7) is 4.74. The highest BCUT2D eigenvalue weighted by molar-refractivity contribution is 6.24. The van der Waals surface area contributed by atoms with E-state index in [1.54, 1.807) is 0 Å². The van der Waals surface area contributed by atoms with Crippen LogP contribution in [-0.4, -0.2) is 4.57 Å². The van der Waals surface area contributed by atoms with Gasteiger partial charge in [-0.25, -0.2) is 0 Å². The van der Waals surface area contributed by atoms with Gasteiger partial charge in [-0.15, -0.1) is 0 Å². The van der Waals surface area contributed by atoms with Crippen LogP contribution in [0.5, 0.6) is 0 Å². The van der Waals surface area contributed by atoms with E-state index in [1.807, 2.05) is 6.07 Å². The Morgan fingerprint density at radius 1 is 0.379 bits per heavy atom. The largest absolute Gasteiger partial charge is 0.456 e. The van der Waals surface area contributed by atoms with Gasteiger partial charge in [-0.3, -0.25) is 0 Å². The second-order valence-electron chi connectivity index (χ2n) is 18.1. The number of benzene rings is 10. The summed E-state index contributed by atoms with van der Waals surface area (Å²) in [7, 11) is 0. The van der Waals surface area contributed by atoms with Gasteiger partial charge < -0.3 is 13.9 Å². The van der Waals surface area contributed by atoms with Crippen LogP contribution in [0, 0.1) is 0 Å². The third-order valence-electron chi connectivity index (χ3n) is 14.0. The first-order valence-corrected chi connectivity index (χ1v) is 22.8. The zero-order valence-electron chi connectivity index (χ0n) is 36.7. The van der Waals surface area contributed by atoms with E-state index in [1.165, 1.54) is 66.3 Å². The third-order valence-corrected chi connectivity index (χ3v) is 14.0. The van der Waals surface area contributed by atoms with Crippen LogP contribution in [0.1, 0.15) is 25.0 Å². The van der Waals surface area contributed by atoms with E-state index in [9.17, 15) is 0 Å². The molecule has 12 aromatic rings. The van der Waals surface area contributed by atoms with Crippen LogP contribution in [0.4, 0.5) is 17.1 Å². The molecule has 0 aliphatic heterocycles. The lowest BCUT2D eigenvalue weighted by Crippen LogP contribution is -2.16. The molecule has 3 nitrogen and oxygen atoms in total. The van der Waals surface area contributed by atoms with Gasteiger partial charge in [0.1, 0.15) is 11.2 Å². The van der Waals surface area contributed by atoms with Gasteiger partial charge >= 0.3 is 0 Å². The first-order valence-electron chi connectivity index (χ1n) is 22.8. The third kappa shape index (κ3) is 5.97. The van der Waals surface area contributed by atoms with Crippen LogP contribution >= 0.6 is 0 Å². The van der Waals surface area contributed by atoms with Gasteiger partial charge in [0, 0.05) is 44.3 Å². The fourth-order valence-electron chi connectivity index (χ4n) is 10.7. The van der Waals surface area contributed by atoms with Crippen molar-refractivity contribution in [3.63, 3.8) is 0 Å². The molecule has 0 spiro atoms. The molecular formula is C63H44N2O. The fraction of sp³-hybridized carbons (Fsp3) is 0.0476. The highest BCUT2D eigenvalue weighted by Crippen LogP contribution is 2.52. The van der Waals surface area contributed by atoms with Crippen LogP contribution in [0.3, 0.4) is 0 Å². The summed E-state index contributed by atoms with van der Waals surface area (Å²) in [6.07, 6.45) is 0. The molecule has 312 valence electrons. The minimum atomic E-state index is -0.179. The van der Waals surface area contributed by atoms with E-state index in [2.05, 4.69) is 248 Å². The van der Waals surface area contributed by atoms with Gasteiger partial charge in [0.25, 0.3) is 0 Å². The lowest BCUT2D eigenvalue weighted by molar-refractivity contribution is 0.660. The van der Waals surface area contributed by atoms with E-state index in [0.717, 1.165) is 55.8 Å². The molecule has 1 aliphatic carbocycles. The predicted molar refractivity (Wildman–Crippen MR) is 277 cm³/mol. The summed E-state index contributed by atoms with van der Waals surface area (Å²) in [5, 5.41) is 4.72. The Hall–Kier alpha value is -8.40. The van der Waals surface area contributed by atoms with Crippen molar-refractivity contribution < 1.29 is 4.42 Å². The Morgan fingerprint density at radius 2 is 0.879 bits per heavy atom. The molecule has 2 aromatic heterocycles. The maximum Gasteiger partial charge on any atom is 0.137 e. The van der Waals surface area contributed by atoms with E-state index in [0.29, 0.717) is 0 Å². The summed E-state index contributed by atoms with van der Waals surface area (Å²) < 4.78 is 8.78. The van der Waals surface area contributed by atoms with Gasteiger partial charge in [0.15, 0.2) is 0 Å². The number of nitrogens with zero attached hydrogens (tertiary/aromatic N) is 2. The predicted octanol–water partition coefficient (Wildman–Crippen LogP) is 17.5. The van der Waals surface area contributed by atoms with Crippen molar-refractivity contribution in [2.45, 2.75) is 19.3 Å². The maximum absolute atomic E-state index is 6.37. The topological polar surface area (TPSA) is 21.3 Å². The molecule has 0 fully saturated rings. The Morgan fingerprint density at radius 3 is 1.55 bits per heavy atom. The molecule has 0 saturated carbocycles. The second kappa shape index (κ2) is 14.8. The monoisotopic (exact) mass is 844 g/mol. The highest BCUT2D eigenvalue weighted by Gasteiger charge is 2.36. The number of para-hydroxylation sites is 2. The maximum atomic E-state index is 6.37. The molecule has 1 aliphatic rings. The molecule has 13 rings (SSSR count). The first-order chi connectivity index (χ1) is 32.5. The van der Waals surface area contributed by atoms with Crippen molar-refractivity contribution in [3.8, 4) is 50.2 Å². The molecule has 10 aromatic carbocycles. The summed E-state index contributed by atoms with van der Waals surface area (Å²) in [5.41, 5.74) is 21.0. The molecule has 0 radical (unpaired) electrons. The molecule has 0 saturated heterocycles. The smallest absolute Gasteiger partial charge is 0.137 e. The Balaban J connectivity index is 0.881. The van der Waals surface area contributed by atoms with Crippen molar-refractivity contribution in [1.29, 1.82) is 0 Å². The number of aromatic nitrogens is 1. The molecule has 3 heteroatoms. The van der Waals surface area contributed by atoms with E-state index in [-0.39, 0.29) is 5.41 Å².